The lowest BCUT2D eigenvalue weighted by atomic mass is 9.79. The summed E-state index contributed by atoms with van der Waals surface area (Å²) in [4.78, 5) is 0. The first-order valence-electron chi connectivity index (χ1n) is 7.12. The third-order valence-corrected chi connectivity index (χ3v) is 4.09. The van der Waals surface area contributed by atoms with Crippen LogP contribution >= 0.6 is 0 Å². The minimum absolute atomic E-state index is 0.346. The summed E-state index contributed by atoms with van der Waals surface area (Å²) < 4.78 is 0. The van der Waals surface area contributed by atoms with Gasteiger partial charge in [0.25, 0.3) is 0 Å². The van der Waals surface area contributed by atoms with E-state index in [0.29, 0.717) is 18.4 Å². The maximum atomic E-state index is 9.42. The van der Waals surface area contributed by atoms with Gasteiger partial charge in [-0.05, 0) is 61.8 Å². The van der Waals surface area contributed by atoms with E-state index < -0.39 is 0 Å². The van der Waals surface area contributed by atoms with E-state index in [2.05, 4.69) is 37.4 Å². The molecule has 18 heavy (non-hydrogen) atoms. The molecule has 100 valence electrons. The molecule has 2 atom stereocenters. The number of hydrogen-bond donors (Lipinski definition) is 2. The van der Waals surface area contributed by atoms with Crippen molar-refractivity contribution in [3.05, 3.63) is 29.3 Å². The number of anilines is 1. The fraction of sp³-hybridized carbons (Fsp3) is 0.625. The minimum atomic E-state index is 0.346. The van der Waals surface area contributed by atoms with Gasteiger partial charge in [-0.1, -0.05) is 18.9 Å². The summed E-state index contributed by atoms with van der Waals surface area (Å²) in [5.41, 5.74) is 3.83. The Labute approximate surface area is 110 Å². The number of aliphatic hydroxyl groups is 1. The van der Waals surface area contributed by atoms with Crippen LogP contribution in [0, 0.1) is 25.7 Å². The van der Waals surface area contributed by atoms with E-state index in [-0.39, 0.29) is 0 Å². The highest BCUT2D eigenvalue weighted by molar-refractivity contribution is 5.48. The van der Waals surface area contributed by atoms with Crippen molar-refractivity contribution in [1.29, 1.82) is 0 Å². The standard InChI is InChI=1S/C16H25NO/c1-12-7-13(2)9-16(8-12)17-10-14-5-3-4-6-15(14)11-18/h7-9,14-15,17-18H,3-6,10-11H2,1-2H3. The summed E-state index contributed by atoms with van der Waals surface area (Å²) in [6.07, 6.45) is 5.04. The first-order chi connectivity index (χ1) is 8.69. The van der Waals surface area contributed by atoms with Crippen LogP contribution in [0.3, 0.4) is 0 Å². The molecule has 1 saturated carbocycles. The normalized spacial score (nSPS) is 23.9. The van der Waals surface area contributed by atoms with Crippen molar-refractivity contribution in [2.24, 2.45) is 11.8 Å². The van der Waals surface area contributed by atoms with Crippen LogP contribution in [0.15, 0.2) is 18.2 Å². The van der Waals surface area contributed by atoms with E-state index in [9.17, 15) is 5.11 Å². The summed E-state index contributed by atoms with van der Waals surface area (Å²) in [6.45, 7) is 5.61. The Morgan fingerprint density at radius 2 is 1.67 bits per heavy atom. The number of rotatable bonds is 4. The van der Waals surface area contributed by atoms with Gasteiger partial charge in [-0.2, -0.15) is 0 Å². The molecule has 1 fully saturated rings. The summed E-state index contributed by atoms with van der Waals surface area (Å²) in [6, 6.07) is 6.59. The van der Waals surface area contributed by atoms with Gasteiger partial charge in [0.15, 0.2) is 0 Å². The second-order valence-electron chi connectivity index (χ2n) is 5.74. The van der Waals surface area contributed by atoms with Gasteiger partial charge in [-0.3, -0.25) is 0 Å². The molecule has 2 rings (SSSR count). The van der Waals surface area contributed by atoms with Gasteiger partial charge in [0, 0.05) is 18.8 Å². The predicted molar refractivity (Wildman–Crippen MR) is 76.9 cm³/mol. The lowest BCUT2D eigenvalue weighted by Gasteiger charge is -2.30. The van der Waals surface area contributed by atoms with E-state index in [4.69, 9.17) is 0 Å². The van der Waals surface area contributed by atoms with Crippen molar-refractivity contribution in [1.82, 2.24) is 0 Å². The third-order valence-electron chi connectivity index (χ3n) is 4.09. The highest BCUT2D eigenvalue weighted by Crippen LogP contribution is 2.30. The number of nitrogens with one attached hydrogen (secondary N) is 1. The maximum Gasteiger partial charge on any atom is 0.0462 e. The van der Waals surface area contributed by atoms with Crippen LogP contribution in [0.5, 0.6) is 0 Å². The molecule has 0 aromatic heterocycles. The SMILES string of the molecule is Cc1cc(C)cc(NCC2CCCCC2CO)c1. The molecule has 0 bridgehead atoms. The Morgan fingerprint density at radius 1 is 1.06 bits per heavy atom. The van der Waals surface area contributed by atoms with Crippen molar-refractivity contribution in [2.75, 3.05) is 18.5 Å². The van der Waals surface area contributed by atoms with Crippen LogP contribution < -0.4 is 5.32 Å². The fourth-order valence-corrected chi connectivity index (χ4v) is 3.12. The van der Waals surface area contributed by atoms with E-state index in [0.717, 1.165) is 6.54 Å². The van der Waals surface area contributed by atoms with Crippen molar-refractivity contribution in [3.8, 4) is 0 Å². The van der Waals surface area contributed by atoms with Crippen molar-refractivity contribution in [2.45, 2.75) is 39.5 Å². The lowest BCUT2D eigenvalue weighted by molar-refractivity contribution is 0.141. The second-order valence-corrected chi connectivity index (χ2v) is 5.74. The molecule has 1 aliphatic rings. The Balaban J connectivity index is 1.93. The Bertz CT molecular complexity index is 368. The van der Waals surface area contributed by atoms with Gasteiger partial charge in [-0.25, -0.2) is 0 Å². The highest BCUT2D eigenvalue weighted by atomic mass is 16.3. The van der Waals surface area contributed by atoms with Gasteiger partial charge < -0.3 is 10.4 Å². The quantitative estimate of drug-likeness (QED) is 0.853. The van der Waals surface area contributed by atoms with Crippen LogP contribution in [0.1, 0.15) is 36.8 Å². The molecule has 2 heteroatoms. The monoisotopic (exact) mass is 247 g/mol. The average molecular weight is 247 g/mol. The molecule has 0 aliphatic heterocycles. The Hall–Kier alpha value is -1.02. The van der Waals surface area contributed by atoms with Gasteiger partial charge in [0.05, 0.1) is 0 Å². The number of hydrogen-bond acceptors (Lipinski definition) is 2. The number of aryl methyl sites for hydroxylation is 2. The highest BCUT2D eigenvalue weighted by Gasteiger charge is 2.23. The van der Waals surface area contributed by atoms with E-state index >= 15 is 0 Å². The zero-order valence-corrected chi connectivity index (χ0v) is 11.6. The number of benzene rings is 1. The molecular formula is C16H25NO. The molecule has 1 aromatic carbocycles. The molecule has 0 heterocycles. The van der Waals surface area contributed by atoms with Crippen LogP contribution in [0.25, 0.3) is 0 Å². The zero-order valence-electron chi connectivity index (χ0n) is 11.6. The molecule has 1 aliphatic carbocycles. The molecule has 2 nitrogen and oxygen atoms in total. The average Bonchev–Trinajstić information content (AvgIpc) is 2.35. The van der Waals surface area contributed by atoms with E-state index in [1.54, 1.807) is 0 Å². The van der Waals surface area contributed by atoms with Crippen LogP contribution in [-0.4, -0.2) is 18.3 Å². The number of aliphatic hydroxyl groups excluding tert-OH is 1. The fourth-order valence-electron chi connectivity index (χ4n) is 3.12. The summed E-state index contributed by atoms with van der Waals surface area (Å²) >= 11 is 0. The largest absolute Gasteiger partial charge is 0.396 e. The lowest BCUT2D eigenvalue weighted by Crippen LogP contribution is -2.28. The summed E-state index contributed by atoms with van der Waals surface area (Å²) in [5, 5.41) is 13.0. The zero-order chi connectivity index (χ0) is 13.0. The van der Waals surface area contributed by atoms with Crippen molar-refractivity contribution in [3.63, 3.8) is 0 Å². The molecule has 0 amide bonds. The van der Waals surface area contributed by atoms with Crippen LogP contribution in [0.2, 0.25) is 0 Å². The molecular weight excluding hydrogens is 222 g/mol. The van der Waals surface area contributed by atoms with Gasteiger partial charge in [0.1, 0.15) is 0 Å². The van der Waals surface area contributed by atoms with Gasteiger partial charge in [0.2, 0.25) is 0 Å². The summed E-state index contributed by atoms with van der Waals surface area (Å²) in [5.74, 6) is 1.13. The predicted octanol–water partition coefficient (Wildman–Crippen LogP) is 3.51. The van der Waals surface area contributed by atoms with Gasteiger partial charge in [-0.15, -0.1) is 0 Å². The van der Waals surface area contributed by atoms with E-state index in [1.165, 1.54) is 42.5 Å². The van der Waals surface area contributed by atoms with Gasteiger partial charge >= 0.3 is 0 Å². The Kier molecular flexibility index (Phi) is 4.65. The molecule has 0 saturated heterocycles. The van der Waals surface area contributed by atoms with E-state index in [1.807, 2.05) is 0 Å². The summed E-state index contributed by atoms with van der Waals surface area (Å²) in [7, 11) is 0. The first-order valence-corrected chi connectivity index (χ1v) is 7.12. The molecule has 2 unspecified atom stereocenters. The van der Waals surface area contributed by atoms with Crippen LogP contribution in [-0.2, 0) is 0 Å². The topological polar surface area (TPSA) is 32.3 Å². The second kappa shape index (κ2) is 6.24. The molecule has 1 aromatic rings. The minimum Gasteiger partial charge on any atom is -0.396 e. The molecule has 0 spiro atoms. The molecule has 2 N–H and O–H groups in total. The Morgan fingerprint density at radius 3 is 2.28 bits per heavy atom. The van der Waals surface area contributed by atoms with Crippen molar-refractivity contribution >= 4 is 5.69 Å². The molecule has 0 radical (unpaired) electrons. The van der Waals surface area contributed by atoms with Crippen LogP contribution in [0.4, 0.5) is 5.69 Å². The smallest absolute Gasteiger partial charge is 0.0462 e. The maximum absolute atomic E-state index is 9.42. The van der Waals surface area contributed by atoms with Crippen molar-refractivity contribution < 1.29 is 5.11 Å². The third kappa shape index (κ3) is 3.49. The first kappa shape index (κ1) is 13.4.